The molecule has 2 nitrogen and oxygen atoms in total. The van der Waals surface area contributed by atoms with Crippen LogP contribution >= 0.6 is 11.8 Å². The number of thioether (sulfide) groups is 1. The van der Waals surface area contributed by atoms with Crippen LogP contribution in [0.1, 0.15) is 32.8 Å². The molecule has 0 spiro atoms. The molecule has 0 aliphatic rings. The van der Waals surface area contributed by atoms with Crippen LogP contribution in [-0.4, -0.2) is 31.1 Å². The lowest BCUT2D eigenvalue weighted by Crippen LogP contribution is -2.34. The van der Waals surface area contributed by atoms with Gasteiger partial charge in [-0.2, -0.15) is 11.8 Å². The van der Waals surface area contributed by atoms with E-state index in [9.17, 15) is 4.39 Å². The van der Waals surface area contributed by atoms with Gasteiger partial charge in [-0.1, -0.05) is 26.8 Å². The van der Waals surface area contributed by atoms with E-state index in [1.54, 1.807) is 12.1 Å². The summed E-state index contributed by atoms with van der Waals surface area (Å²) in [5, 5.41) is 3.31. The van der Waals surface area contributed by atoms with Crippen LogP contribution in [0.3, 0.4) is 0 Å². The van der Waals surface area contributed by atoms with E-state index < -0.39 is 0 Å². The van der Waals surface area contributed by atoms with Gasteiger partial charge in [0.1, 0.15) is 5.82 Å². The third-order valence-corrected chi connectivity index (χ3v) is 4.26. The molecule has 1 rings (SSSR count). The van der Waals surface area contributed by atoms with Crippen LogP contribution in [0.2, 0.25) is 0 Å². The Labute approximate surface area is 127 Å². The summed E-state index contributed by atoms with van der Waals surface area (Å²) in [6, 6.07) is 6.14. The molecule has 0 aliphatic carbocycles. The first-order valence-corrected chi connectivity index (χ1v) is 8.63. The van der Waals surface area contributed by atoms with Crippen LogP contribution in [0.25, 0.3) is 0 Å². The molecule has 1 atom stereocenters. The molecule has 0 bridgehead atoms. The van der Waals surface area contributed by atoms with Crippen molar-refractivity contribution in [1.29, 1.82) is 0 Å². The van der Waals surface area contributed by atoms with Gasteiger partial charge in [0, 0.05) is 42.7 Å². The number of hydrogen-bond donors (Lipinski definition) is 1. The molecule has 0 heterocycles. The Morgan fingerprint density at radius 2 is 2.05 bits per heavy atom. The van der Waals surface area contributed by atoms with Gasteiger partial charge in [0.25, 0.3) is 0 Å². The van der Waals surface area contributed by atoms with Crippen LogP contribution in [0.5, 0.6) is 0 Å². The van der Waals surface area contributed by atoms with Gasteiger partial charge in [0.2, 0.25) is 0 Å². The fraction of sp³-hybridized carbons (Fsp3) is 0.625. The summed E-state index contributed by atoms with van der Waals surface area (Å²) in [4.78, 5) is 2.22. The molecule has 0 saturated heterocycles. The van der Waals surface area contributed by atoms with Crippen LogP contribution in [0.4, 0.5) is 10.1 Å². The topological polar surface area (TPSA) is 15.3 Å². The van der Waals surface area contributed by atoms with Gasteiger partial charge >= 0.3 is 0 Å². The minimum atomic E-state index is -0.124. The summed E-state index contributed by atoms with van der Waals surface area (Å²) in [6.07, 6.45) is 3.17. The van der Waals surface area contributed by atoms with E-state index in [0.29, 0.717) is 18.6 Å². The first-order chi connectivity index (χ1) is 9.51. The second-order valence-corrected chi connectivity index (χ2v) is 6.31. The SMILES string of the molecule is CCC(CSC)N(C)c1cccc(F)c1CNC(C)C. The summed E-state index contributed by atoms with van der Waals surface area (Å²) in [7, 11) is 2.07. The minimum Gasteiger partial charge on any atom is -0.370 e. The van der Waals surface area contributed by atoms with Crippen LogP contribution < -0.4 is 10.2 Å². The smallest absolute Gasteiger partial charge is 0.129 e. The zero-order chi connectivity index (χ0) is 15.1. The molecule has 0 aromatic heterocycles. The predicted octanol–water partition coefficient (Wildman–Crippen LogP) is 3.90. The average Bonchev–Trinajstić information content (AvgIpc) is 2.42. The Kier molecular flexibility index (Phi) is 7.38. The normalized spacial score (nSPS) is 12.8. The van der Waals surface area contributed by atoms with Crippen molar-refractivity contribution in [3.63, 3.8) is 0 Å². The summed E-state index contributed by atoms with van der Waals surface area (Å²) < 4.78 is 14.1. The Bertz CT molecular complexity index is 409. The van der Waals surface area contributed by atoms with Gasteiger partial charge < -0.3 is 10.2 Å². The van der Waals surface area contributed by atoms with E-state index in [-0.39, 0.29) is 5.82 Å². The summed E-state index contributed by atoms with van der Waals surface area (Å²) in [6.45, 7) is 6.90. The van der Waals surface area contributed by atoms with Gasteiger partial charge in [-0.25, -0.2) is 4.39 Å². The van der Waals surface area contributed by atoms with E-state index in [1.807, 2.05) is 17.8 Å². The van der Waals surface area contributed by atoms with Crippen molar-refractivity contribution in [1.82, 2.24) is 5.32 Å². The van der Waals surface area contributed by atoms with Gasteiger partial charge in [-0.3, -0.25) is 0 Å². The van der Waals surface area contributed by atoms with Crippen molar-refractivity contribution in [2.24, 2.45) is 0 Å². The summed E-state index contributed by atoms with van der Waals surface area (Å²) in [5.41, 5.74) is 1.77. The molecular weight excluding hydrogens is 271 g/mol. The highest BCUT2D eigenvalue weighted by Crippen LogP contribution is 2.25. The minimum absolute atomic E-state index is 0.124. The molecule has 1 aromatic rings. The van der Waals surface area contributed by atoms with E-state index in [4.69, 9.17) is 0 Å². The number of anilines is 1. The lowest BCUT2D eigenvalue weighted by Gasteiger charge is -2.31. The quantitative estimate of drug-likeness (QED) is 0.783. The maximum Gasteiger partial charge on any atom is 0.129 e. The van der Waals surface area contributed by atoms with Crippen molar-refractivity contribution in [2.75, 3.05) is 24.0 Å². The molecule has 1 unspecified atom stereocenters. The number of nitrogens with zero attached hydrogens (tertiary/aromatic N) is 1. The van der Waals surface area contributed by atoms with Crippen molar-refractivity contribution in [2.45, 2.75) is 45.8 Å². The van der Waals surface area contributed by atoms with E-state index in [1.165, 1.54) is 0 Å². The fourth-order valence-electron chi connectivity index (χ4n) is 2.25. The molecule has 1 N–H and O–H groups in total. The highest BCUT2D eigenvalue weighted by Gasteiger charge is 2.18. The molecule has 20 heavy (non-hydrogen) atoms. The van der Waals surface area contributed by atoms with Crippen molar-refractivity contribution < 1.29 is 4.39 Å². The van der Waals surface area contributed by atoms with Gasteiger partial charge in [-0.15, -0.1) is 0 Å². The number of halogens is 1. The first kappa shape index (κ1) is 17.3. The molecule has 0 saturated carbocycles. The van der Waals surface area contributed by atoms with Gasteiger partial charge in [0.05, 0.1) is 0 Å². The third-order valence-electron chi connectivity index (χ3n) is 3.54. The standard InChI is InChI=1S/C16H27FN2S/c1-6-13(11-20-5)19(4)16-9-7-8-15(17)14(16)10-18-12(2)3/h7-9,12-13,18H,6,10-11H2,1-5H3. The highest BCUT2D eigenvalue weighted by atomic mass is 32.2. The Morgan fingerprint density at radius 1 is 1.35 bits per heavy atom. The monoisotopic (exact) mass is 298 g/mol. The molecular formula is C16H27FN2S. The number of nitrogens with one attached hydrogen (secondary N) is 1. The molecule has 0 amide bonds. The van der Waals surface area contributed by atoms with Gasteiger partial charge in [-0.05, 0) is 24.8 Å². The van der Waals surface area contributed by atoms with E-state index >= 15 is 0 Å². The van der Waals surface area contributed by atoms with E-state index in [0.717, 1.165) is 23.4 Å². The maximum absolute atomic E-state index is 14.1. The predicted molar refractivity (Wildman–Crippen MR) is 89.2 cm³/mol. The van der Waals surface area contributed by atoms with Crippen molar-refractivity contribution in [3.8, 4) is 0 Å². The second kappa shape index (κ2) is 8.53. The highest BCUT2D eigenvalue weighted by molar-refractivity contribution is 7.98. The molecule has 0 aliphatic heterocycles. The van der Waals surface area contributed by atoms with Crippen LogP contribution in [0, 0.1) is 5.82 Å². The lowest BCUT2D eigenvalue weighted by atomic mass is 10.1. The van der Waals surface area contributed by atoms with Crippen molar-refractivity contribution >= 4 is 17.4 Å². The molecule has 114 valence electrons. The summed E-state index contributed by atoms with van der Waals surface area (Å²) in [5.74, 6) is 0.933. The number of hydrogen-bond acceptors (Lipinski definition) is 3. The Morgan fingerprint density at radius 3 is 2.60 bits per heavy atom. The maximum atomic E-state index is 14.1. The Balaban J connectivity index is 3.00. The zero-order valence-corrected chi connectivity index (χ0v) is 14.1. The molecule has 0 radical (unpaired) electrons. The summed E-state index contributed by atoms with van der Waals surface area (Å²) >= 11 is 1.83. The second-order valence-electron chi connectivity index (χ2n) is 5.40. The Hall–Kier alpha value is -0.740. The lowest BCUT2D eigenvalue weighted by molar-refractivity contribution is 0.550. The zero-order valence-electron chi connectivity index (χ0n) is 13.2. The first-order valence-electron chi connectivity index (χ1n) is 7.23. The average molecular weight is 298 g/mol. The molecule has 4 heteroatoms. The van der Waals surface area contributed by atoms with Gasteiger partial charge in [0.15, 0.2) is 0 Å². The fourth-order valence-corrected chi connectivity index (χ4v) is 3.10. The number of rotatable bonds is 8. The van der Waals surface area contributed by atoms with Crippen molar-refractivity contribution in [3.05, 3.63) is 29.6 Å². The van der Waals surface area contributed by atoms with Crippen LogP contribution in [0.15, 0.2) is 18.2 Å². The number of benzene rings is 1. The largest absolute Gasteiger partial charge is 0.370 e. The third kappa shape index (κ3) is 4.67. The molecule has 0 fully saturated rings. The van der Waals surface area contributed by atoms with Crippen LogP contribution in [-0.2, 0) is 6.54 Å². The van der Waals surface area contributed by atoms with E-state index in [2.05, 4.69) is 44.3 Å². The molecule has 1 aromatic carbocycles.